The smallest absolute Gasteiger partial charge is 0.161 e. The molecule has 0 aliphatic carbocycles. The van der Waals surface area contributed by atoms with Gasteiger partial charge in [-0.1, -0.05) is 6.07 Å². The highest BCUT2D eigenvalue weighted by atomic mass is 16.5. The summed E-state index contributed by atoms with van der Waals surface area (Å²) in [5.74, 6) is 1.49. The summed E-state index contributed by atoms with van der Waals surface area (Å²) in [7, 11) is 4.99. The molecule has 120 valence electrons. The molecule has 21 heavy (non-hydrogen) atoms. The molecule has 1 atom stereocenters. The van der Waals surface area contributed by atoms with Crippen molar-refractivity contribution in [2.45, 2.75) is 19.4 Å². The lowest BCUT2D eigenvalue weighted by Gasteiger charge is -2.16. The zero-order valence-electron chi connectivity index (χ0n) is 13.5. The Morgan fingerprint density at radius 2 is 1.76 bits per heavy atom. The minimum absolute atomic E-state index is 0.229. The molecule has 1 aromatic rings. The summed E-state index contributed by atoms with van der Waals surface area (Å²) in [5.41, 5.74) is 1.16. The third-order valence-electron chi connectivity index (χ3n) is 3.24. The van der Waals surface area contributed by atoms with E-state index in [0.29, 0.717) is 6.61 Å². The van der Waals surface area contributed by atoms with Crippen molar-refractivity contribution in [1.82, 2.24) is 5.32 Å². The van der Waals surface area contributed by atoms with Gasteiger partial charge in [-0.15, -0.1) is 0 Å². The summed E-state index contributed by atoms with van der Waals surface area (Å²) in [5, 5.41) is 3.43. The lowest BCUT2D eigenvalue weighted by molar-refractivity contribution is 0.103. The Kier molecular flexibility index (Phi) is 8.82. The van der Waals surface area contributed by atoms with Crippen molar-refractivity contribution in [2.24, 2.45) is 0 Å². The molecule has 0 heterocycles. The van der Waals surface area contributed by atoms with Crippen molar-refractivity contribution >= 4 is 0 Å². The van der Waals surface area contributed by atoms with Gasteiger partial charge in [0.05, 0.1) is 20.8 Å². The maximum absolute atomic E-state index is 5.52. The van der Waals surface area contributed by atoms with E-state index in [1.165, 1.54) is 0 Å². The van der Waals surface area contributed by atoms with Crippen molar-refractivity contribution in [3.63, 3.8) is 0 Å². The van der Waals surface area contributed by atoms with Crippen LogP contribution in [-0.2, 0) is 9.47 Å². The zero-order valence-corrected chi connectivity index (χ0v) is 13.5. The van der Waals surface area contributed by atoms with Crippen LogP contribution in [0.25, 0.3) is 0 Å². The first-order valence-electron chi connectivity index (χ1n) is 7.25. The molecule has 1 rings (SSSR count). The molecule has 0 aliphatic rings. The number of ether oxygens (including phenoxy) is 4. The number of benzene rings is 1. The van der Waals surface area contributed by atoms with E-state index in [4.69, 9.17) is 18.9 Å². The van der Waals surface area contributed by atoms with Crippen LogP contribution in [0.15, 0.2) is 18.2 Å². The van der Waals surface area contributed by atoms with Crippen LogP contribution in [0.1, 0.15) is 24.9 Å². The molecule has 0 bridgehead atoms. The molecule has 5 heteroatoms. The summed E-state index contributed by atoms with van der Waals surface area (Å²) in [4.78, 5) is 0. The SMILES string of the molecule is COCCCOCCNC(C)c1ccc(OC)c(OC)c1. The highest BCUT2D eigenvalue weighted by molar-refractivity contribution is 5.43. The first kappa shape index (κ1) is 17.8. The van der Waals surface area contributed by atoms with E-state index in [0.717, 1.165) is 43.2 Å². The van der Waals surface area contributed by atoms with E-state index in [2.05, 4.69) is 12.2 Å². The third-order valence-corrected chi connectivity index (χ3v) is 3.24. The third kappa shape index (κ3) is 6.33. The lowest BCUT2D eigenvalue weighted by atomic mass is 10.1. The molecular weight excluding hydrogens is 270 g/mol. The monoisotopic (exact) mass is 297 g/mol. The van der Waals surface area contributed by atoms with Gasteiger partial charge >= 0.3 is 0 Å². The first-order chi connectivity index (χ1) is 10.2. The quantitative estimate of drug-likeness (QED) is 0.636. The van der Waals surface area contributed by atoms with Gasteiger partial charge in [-0.3, -0.25) is 0 Å². The van der Waals surface area contributed by atoms with E-state index in [1.54, 1.807) is 21.3 Å². The number of hydrogen-bond acceptors (Lipinski definition) is 5. The number of hydrogen-bond donors (Lipinski definition) is 1. The molecule has 1 N–H and O–H groups in total. The van der Waals surface area contributed by atoms with Crippen LogP contribution in [0.5, 0.6) is 11.5 Å². The molecular formula is C16H27NO4. The van der Waals surface area contributed by atoms with Gasteiger partial charge in [0.15, 0.2) is 11.5 Å². The summed E-state index contributed by atoms with van der Waals surface area (Å²) >= 11 is 0. The fourth-order valence-corrected chi connectivity index (χ4v) is 1.99. The van der Waals surface area contributed by atoms with E-state index in [9.17, 15) is 0 Å². The molecule has 1 aromatic carbocycles. The van der Waals surface area contributed by atoms with E-state index < -0.39 is 0 Å². The highest BCUT2D eigenvalue weighted by Gasteiger charge is 2.09. The largest absolute Gasteiger partial charge is 0.493 e. The number of nitrogens with one attached hydrogen (secondary N) is 1. The van der Waals surface area contributed by atoms with Crippen molar-refractivity contribution in [3.05, 3.63) is 23.8 Å². The van der Waals surface area contributed by atoms with Gasteiger partial charge in [0.1, 0.15) is 0 Å². The Balaban J connectivity index is 2.33. The zero-order chi connectivity index (χ0) is 15.5. The molecule has 0 fully saturated rings. The second kappa shape index (κ2) is 10.4. The van der Waals surface area contributed by atoms with Crippen molar-refractivity contribution in [1.29, 1.82) is 0 Å². The maximum atomic E-state index is 5.52. The topological polar surface area (TPSA) is 49.0 Å². The number of methoxy groups -OCH3 is 3. The van der Waals surface area contributed by atoms with E-state index in [-0.39, 0.29) is 6.04 Å². The first-order valence-corrected chi connectivity index (χ1v) is 7.25. The molecule has 0 aliphatic heterocycles. The van der Waals surface area contributed by atoms with Crippen molar-refractivity contribution in [2.75, 3.05) is 47.7 Å². The fraction of sp³-hybridized carbons (Fsp3) is 0.625. The minimum Gasteiger partial charge on any atom is -0.493 e. The Morgan fingerprint density at radius 3 is 2.43 bits per heavy atom. The van der Waals surface area contributed by atoms with E-state index in [1.807, 2.05) is 18.2 Å². The molecule has 0 aromatic heterocycles. The second-order valence-corrected chi connectivity index (χ2v) is 4.75. The summed E-state index contributed by atoms with van der Waals surface area (Å²) < 4.78 is 21.0. The Morgan fingerprint density at radius 1 is 1.00 bits per heavy atom. The summed E-state index contributed by atoms with van der Waals surface area (Å²) in [6.07, 6.45) is 0.932. The van der Waals surface area contributed by atoms with Gasteiger partial charge in [-0.2, -0.15) is 0 Å². The average Bonchev–Trinajstić information content (AvgIpc) is 2.53. The standard InChI is InChI=1S/C16H27NO4/c1-13(17-8-11-21-10-5-9-18-2)14-6-7-15(19-3)16(12-14)20-4/h6-7,12-13,17H,5,8-11H2,1-4H3. The van der Waals surface area contributed by atoms with Crippen LogP contribution >= 0.6 is 0 Å². The van der Waals surface area contributed by atoms with Crippen LogP contribution < -0.4 is 14.8 Å². The van der Waals surface area contributed by atoms with Crippen LogP contribution in [0.4, 0.5) is 0 Å². The highest BCUT2D eigenvalue weighted by Crippen LogP contribution is 2.29. The molecule has 0 saturated carbocycles. The van der Waals surface area contributed by atoms with Crippen molar-refractivity contribution < 1.29 is 18.9 Å². The predicted octanol–water partition coefficient (Wildman–Crippen LogP) is 2.41. The predicted molar refractivity (Wildman–Crippen MR) is 83.3 cm³/mol. The fourth-order valence-electron chi connectivity index (χ4n) is 1.99. The van der Waals surface area contributed by atoms with Gasteiger partial charge in [0, 0.05) is 32.9 Å². The maximum Gasteiger partial charge on any atom is 0.161 e. The van der Waals surface area contributed by atoms with Crippen molar-refractivity contribution in [3.8, 4) is 11.5 Å². The van der Waals surface area contributed by atoms with Crippen LogP contribution in [0, 0.1) is 0 Å². The minimum atomic E-state index is 0.229. The normalized spacial score (nSPS) is 12.2. The molecule has 5 nitrogen and oxygen atoms in total. The van der Waals surface area contributed by atoms with Gasteiger partial charge < -0.3 is 24.3 Å². The van der Waals surface area contributed by atoms with E-state index >= 15 is 0 Å². The van der Waals surface area contributed by atoms with Crippen LogP contribution in [0.3, 0.4) is 0 Å². The summed E-state index contributed by atoms with van der Waals surface area (Å²) in [6.45, 7) is 5.10. The van der Waals surface area contributed by atoms with Crippen LogP contribution in [-0.4, -0.2) is 47.7 Å². The van der Waals surface area contributed by atoms with Gasteiger partial charge in [-0.25, -0.2) is 0 Å². The Labute approximate surface area is 127 Å². The van der Waals surface area contributed by atoms with Crippen LogP contribution in [0.2, 0.25) is 0 Å². The molecule has 0 amide bonds. The Hall–Kier alpha value is -1.30. The van der Waals surface area contributed by atoms with Gasteiger partial charge in [0.25, 0.3) is 0 Å². The number of rotatable bonds is 11. The Bertz CT molecular complexity index is 398. The second-order valence-electron chi connectivity index (χ2n) is 4.75. The summed E-state index contributed by atoms with van der Waals surface area (Å²) in [6, 6.07) is 6.19. The van der Waals surface area contributed by atoms with Gasteiger partial charge in [0.2, 0.25) is 0 Å². The average molecular weight is 297 g/mol. The lowest BCUT2D eigenvalue weighted by Crippen LogP contribution is -2.23. The molecule has 0 radical (unpaired) electrons. The molecule has 0 saturated heterocycles. The van der Waals surface area contributed by atoms with Gasteiger partial charge in [-0.05, 0) is 31.0 Å². The molecule has 0 spiro atoms. The molecule has 1 unspecified atom stereocenters.